The second-order valence-electron chi connectivity index (χ2n) is 6.41. The Labute approximate surface area is 164 Å². The lowest BCUT2D eigenvalue weighted by atomic mass is 10.0. The van der Waals surface area contributed by atoms with Gasteiger partial charge in [0.25, 0.3) is 0 Å². The molecule has 2 aromatic heterocycles. The van der Waals surface area contributed by atoms with Crippen LogP contribution in [0.25, 0.3) is 22.5 Å². The molecular formula is C19H20N4O4S. The second kappa shape index (κ2) is 7.99. The average Bonchev–Trinajstić information content (AvgIpc) is 3.31. The van der Waals surface area contributed by atoms with E-state index in [0.717, 1.165) is 34.0 Å². The molecule has 0 saturated carbocycles. The average molecular weight is 400 g/mol. The quantitative estimate of drug-likeness (QED) is 0.466. The molecule has 0 bridgehead atoms. The second-order valence-corrected chi connectivity index (χ2v) is 7.24. The third kappa shape index (κ3) is 4.00. The molecule has 4 rings (SSSR count). The van der Waals surface area contributed by atoms with E-state index in [1.165, 1.54) is 0 Å². The predicted molar refractivity (Wildman–Crippen MR) is 105 cm³/mol. The van der Waals surface area contributed by atoms with E-state index in [9.17, 15) is 8.42 Å². The van der Waals surface area contributed by atoms with E-state index in [1.54, 1.807) is 0 Å². The minimum atomic E-state index is -2.58. The molecule has 0 spiro atoms. The monoisotopic (exact) mass is 400 g/mol. The maximum absolute atomic E-state index is 10.6. The number of aryl methyl sites for hydroxylation is 2. The molecular weight excluding hydrogens is 380 g/mol. The normalized spacial score (nSPS) is 12.6. The number of rotatable bonds is 7. The Balaban J connectivity index is 1.68. The summed E-state index contributed by atoms with van der Waals surface area (Å²) in [6.07, 6.45) is 2.58. The summed E-state index contributed by atoms with van der Waals surface area (Å²) >= 11 is 0. The zero-order valence-electron chi connectivity index (χ0n) is 15.3. The molecule has 1 N–H and O–H groups in total. The van der Waals surface area contributed by atoms with E-state index in [4.69, 9.17) is 14.6 Å². The third-order valence-electron chi connectivity index (χ3n) is 4.38. The van der Waals surface area contributed by atoms with Crippen LogP contribution in [0.3, 0.4) is 0 Å². The van der Waals surface area contributed by atoms with E-state index < -0.39 is 10.9 Å². The molecule has 146 valence electrons. The Bertz CT molecular complexity index is 1070. The van der Waals surface area contributed by atoms with Crippen LogP contribution >= 0.6 is 0 Å². The smallest absolute Gasteiger partial charge is 0.231 e. The van der Waals surface area contributed by atoms with Crippen LogP contribution in [-0.2, 0) is 17.4 Å². The van der Waals surface area contributed by atoms with Crippen LogP contribution in [-0.4, -0.2) is 36.5 Å². The molecule has 0 atom stereocenters. The van der Waals surface area contributed by atoms with Gasteiger partial charge < -0.3 is 9.47 Å². The first-order chi connectivity index (χ1) is 13.6. The van der Waals surface area contributed by atoms with Crippen molar-refractivity contribution < 1.29 is 17.9 Å². The summed E-state index contributed by atoms with van der Waals surface area (Å²) in [4.78, 5) is 4.61. The molecule has 8 nitrogen and oxygen atoms in total. The molecule has 0 fully saturated rings. The molecule has 0 unspecified atom stereocenters. The number of benzene rings is 1. The first-order valence-electron chi connectivity index (χ1n) is 8.89. The number of nitrogens with one attached hydrogen (secondary N) is 1. The van der Waals surface area contributed by atoms with Crippen molar-refractivity contribution in [3.05, 3.63) is 48.3 Å². The molecule has 1 aromatic carbocycles. The maximum atomic E-state index is 10.6. The lowest BCUT2D eigenvalue weighted by molar-refractivity contribution is 0.174. The fourth-order valence-electron chi connectivity index (χ4n) is 3.09. The van der Waals surface area contributed by atoms with Gasteiger partial charge in [0.2, 0.25) is 17.7 Å². The van der Waals surface area contributed by atoms with Crippen LogP contribution in [0.1, 0.15) is 12.1 Å². The number of hydrogen-bond acceptors (Lipinski definition) is 6. The minimum absolute atomic E-state index is 0.222. The van der Waals surface area contributed by atoms with Crippen molar-refractivity contribution >= 4 is 10.9 Å². The molecule has 28 heavy (non-hydrogen) atoms. The van der Waals surface area contributed by atoms with Gasteiger partial charge in [0.1, 0.15) is 5.69 Å². The Morgan fingerprint density at radius 3 is 2.86 bits per heavy atom. The van der Waals surface area contributed by atoms with Crippen LogP contribution in [0.4, 0.5) is 0 Å². The summed E-state index contributed by atoms with van der Waals surface area (Å²) in [6.45, 7) is 3.12. The van der Waals surface area contributed by atoms with Crippen LogP contribution in [0.5, 0.6) is 11.5 Å². The molecule has 3 aromatic rings. The van der Waals surface area contributed by atoms with Crippen molar-refractivity contribution in [2.24, 2.45) is 0 Å². The first-order valence-corrected chi connectivity index (χ1v) is 10.1. The molecule has 1 aliphatic rings. The predicted octanol–water partition coefficient (Wildman–Crippen LogP) is 2.16. The summed E-state index contributed by atoms with van der Waals surface area (Å²) in [5.41, 5.74) is 4.35. The highest BCUT2D eigenvalue weighted by Crippen LogP contribution is 2.38. The number of fused-ring (bicyclic) bond motifs is 1. The molecule has 3 heterocycles. The van der Waals surface area contributed by atoms with Gasteiger partial charge in [-0.1, -0.05) is 12.1 Å². The van der Waals surface area contributed by atoms with Crippen molar-refractivity contribution in [1.29, 1.82) is 0 Å². The number of ether oxygens (including phenoxy) is 2. The van der Waals surface area contributed by atoms with Crippen molar-refractivity contribution in [3.8, 4) is 34.0 Å². The summed E-state index contributed by atoms with van der Waals surface area (Å²) in [5.74, 6) is 1.43. The summed E-state index contributed by atoms with van der Waals surface area (Å²) < 4.78 is 36.4. The van der Waals surface area contributed by atoms with Crippen molar-refractivity contribution in [2.75, 3.05) is 13.3 Å². The van der Waals surface area contributed by atoms with E-state index in [0.29, 0.717) is 25.3 Å². The van der Waals surface area contributed by atoms with Gasteiger partial charge in [-0.3, -0.25) is 9.67 Å². The molecule has 1 aliphatic heterocycles. The largest absolute Gasteiger partial charge is 0.454 e. The third-order valence-corrected chi connectivity index (χ3v) is 4.86. The summed E-state index contributed by atoms with van der Waals surface area (Å²) in [7, 11) is -2.58. The van der Waals surface area contributed by atoms with Gasteiger partial charge in [0.15, 0.2) is 11.5 Å². The standard InChI is InChI=1S/C19H20N4O4S/c1-13-4-2-5-16(21-13)19-15(11-23(22-19)9-3-8-20-28(24)25)14-6-7-17-18(10-14)27-12-26-17/h2,4-7,10-11,28H,3,8-9,12H2,1H3,(H,20,24,25). The maximum Gasteiger partial charge on any atom is 0.231 e. The van der Waals surface area contributed by atoms with Crippen LogP contribution in [0.2, 0.25) is 0 Å². The van der Waals surface area contributed by atoms with Crippen molar-refractivity contribution in [2.45, 2.75) is 19.9 Å². The Hall–Kier alpha value is -2.91. The lowest BCUT2D eigenvalue weighted by Gasteiger charge is -2.04. The van der Waals surface area contributed by atoms with Gasteiger partial charge in [0, 0.05) is 30.5 Å². The number of hydrogen-bond donors (Lipinski definition) is 2. The van der Waals surface area contributed by atoms with Crippen LogP contribution < -0.4 is 14.2 Å². The molecule has 9 heteroatoms. The molecule has 0 saturated heterocycles. The topological polar surface area (TPSA) is 95.3 Å². The van der Waals surface area contributed by atoms with E-state index in [1.807, 2.05) is 54.2 Å². The van der Waals surface area contributed by atoms with Gasteiger partial charge in [-0.2, -0.15) is 5.10 Å². The van der Waals surface area contributed by atoms with Crippen molar-refractivity contribution in [1.82, 2.24) is 19.5 Å². The van der Waals surface area contributed by atoms with Gasteiger partial charge in [-0.25, -0.2) is 13.1 Å². The fraction of sp³-hybridized carbons (Fsp3) is 0.263. The highest BCUT2D eigenvalue weighted by Gasteiger charge is 2.19. The molecule has 0 aliphatic carbocycles. The van der Waals surface area contributed by atoms with E-state index in [2.05, 4.69) is 9.71 Å². The zero-order chi connectivity index (χ0) is 19.5. The van der Waals surface area contributed by atoms with Gasteiger partial charge in [-0.05, 0) is 43.2 Å². The Kier molecular flexibility index (Phi) is 5.27. The first kappa shape index (κ1) is 18.5. The number of aromatic nitrogens is 3. The van der Waals surface area contributed by atoms with E-state index >= 15 is 0 Å². The highest BCUT2D eigenvalue weighted by atomic mass is 32.2. The van der Waals surface area contributed by atoms with Crippen molar-refractivity contribution in [3.63, 3.8) is 0 Å². The zero-order valence-corrected chi connectivity index (χ0v) is 16.2. The van der Waals surface area contributed by atoms with Crippen LogP contribution in [0, 0.1) is 6.92 Å². The Morgan fingerprint density at radius 1 is 1.18 bits per heavy atom. The van der Waals surface area contributed by atoms with Gasteiger partial charge >= 0.3 is 0 Å². The van der Waals surface area contributed by atoms with Gasteiger partial charge in [-0.15, -0.1) is 0 Å². The number of nitrogens with zero attached hydrogens (tertiary/aromatic N) is 3. The van der Waals surface area contributed by atoms with E-state index in [-0.39, 0.29) is 6.79 Å². The lowest BCUT2D eigenvalue weighted by Crippen LogP contribution is -2.14. The molecule has 0 amide bonds. The fourth-order valence-corrected chi connectivity index (χ4v) is 3.43. The number of thiol groups is 1. The number of pyridine rings is 1. The minimum Gasteiger partial charge on any atom is -0.454 e. The van der Waals surface area contributed by atoms with Gasteiger partial charge in [0.05, 0.1) is 5.69 Å². The summed E-state index contributed by atoms with van der Waals surface area (Å²) in [5, 5.41) is 4.71. The SMILES string of the molecule is Cc1cccc(-c2nn(CCCN[SH](=O)=O)cc2-c2ccc3c(c2)OCO3)n1. The highest BCUT2D eigenvalue weighted by molar-refractivity contribution is 7.70. The Morgan fingerprint density at radius 2 is 2.04 bits per heavy atom. The summed E-state index contributed by atoms with van der Waals surface area (Å²) in [6, 6.07) is 11.6. The molecule has 0 radical (unpaired) electrons. The van der Waals surface area contributed by atoms with Crippen LogP contribution in [0.15, 0.2) is 42.6 Å².